The van der Waals surface area contributed by atoms with Crippen molar-refractivity contribution in [3.63, 3.8) is 0 Å². The predicted molar refractivity (Wildman–Crippen MR) is 113 cm³/mol. The molecule has 152 valence electrons. The summed E-state index contributed by atoms with van der Waals surface area (Å²) in [6.45, 7) is 3.03. The normalized spacial score (nSPS) is 23.0. The number of ether oxygens (including phenoxy) is 2. The third-order valence-electron chi connectivity index (χ3n) is 6.42. The highest BCUT2D eigenvalue weighted by atomic mass is 16.7. The molecule has 0 N–H and O–H groups in total. The molecule has 2 aromatic rings. The number of nitrogens with zero attached hydrogens (tertiary/aromatic N) is 1. The Morgan fingerprint density at radius 1 is 0.931 bits per heavy atom. The fourth-order valence-corrected chi connectivity index (χ4v) is 4.62. The number of hydrogen-bond donors (Lipinski definition) is 0. The molecule has 29 heavy (non-hydrogen) atoms. The second-order valence-corrected chi connectivity index (χ2v) is 8.54. The van der Waals surface area contributed by atoms with Crippen molar-refractivity contribution >= 4 is 5.91 Å². The smallest absolute Gasteiger partial charge is 0.223 e. The van der Waals surface area contributed by atoms with E-state index in [1.54, 1.807) is 0 Å². The van der Waals surface area contributed by atoms with Crippen LogP contribution in [0, 0.1) is 0 Å². The van der Waals surface area contributed by atoms with E-state index >= 15 is 0 Å². The van der Waals surface area contributed by atoms with Gasteiger partial charge in [0, 0.05) is 31.8 Å². The van der Waals surface area contributed by atoms with Crippen LogP contribution in [0.15, 0.2) is 48.5 Å². The summed E-state index contributed by atoms with van der Waals surface area (Å²) in [7, 11) is 0. The van der Waals surface area contributed by atoms with Crippen LogP contribution in [-0.4, -0.2) is 43.4 Å². The molecule has 1 unspecified atom stereocenters. The average Bonchev–Trinajstić information content (AvgIpc) is 3.56. The number of amides is 1. The van der Waals surface area contributed by atoms with Crippen LogP contribution in [0.1, 0.15) is 55.1 Å². The maximum absolute atomic E-state index is 12.5. The Hall–Kier alpha value is -2.17. The first-order valence-corrected chi connectivity index (χ1v) is 11.0. The highest BCUT2D eigenvalue weighted by molar-refractivity contribution is 5.80. The number of rotatable bonds is 6. The molecule has 0 spiro atoms. The summed E-state index contributed by atoms with van der Waals surface area (Å²) in [6, 6.07) is 17.7. The molecule has 4 heteroatoms. The minimum atomic E-state index is -0.151. The van der Waals surface area contributed by atoms with Gasteiger partial charge in [-0.3, -0.25) is 4.79 Å². The zero-order valence-corrected chi connectivity index (χ0v) is 16.9. The molecule has 0 aromatic heterocycles. The number of benzene rings is 2. The summed E-state index contributed by atoms with van der Waals surface area (Å²) in [4.78, 5) is 14.5. The van der Waals surface area contributed by atoms with Crippen LogP contribution in [0.2, 0.25) is 0 Å². The first kappa shape index (κ1) is 18.8. The molecule has 4 nitrogen and oxygen atoms in total. The second kappa shape index (κ2) is 8.29. The van der Waals surface area contributed by atoms with Gasteiger partial charge in [0.15, 0.2) is 6.29 Å². The van der Waals surface area contributed by atoms with E-state index in [1.807, 2.05) is 4.90 Å². The van der Waals surface area contributed by atoms with E-state index < -0.39 is 0 Å². The Balaban J connectivity index is 1.23. The summed E-state index contributed by atoms with van der Waals surface area (Å²) in [5, 5.41) is 0. The van der Waals surface area contributed by atoms with Crippen molar-refractivity contribution in [1.82, 2.24) is 4.90 Å². The van der Waals surface area contributed by atoms with Crippen LogP contribution in [0.4, 0.5) is 0 Å². The van der Waals surface area contributed by atoms with E-state index in [4.69, 9.17) is 9.47 Å². The van der Waals surface area contributed by atoms with Crippen molar-refractivity contribution in [3.8, 4) is 11.1 Å². The van der Waals surface area contributed by atoms with Crippen molar-refractivity contribution in [1.29, 1.82) is 0 Å². The van der Waals surface area contributed by atoms with Gasteiger partial charge in [-0.1, -0.05) is 48.5 Å². The lowest BCUT2D eigenvalue weighted by molar-refractivity contribution is -0.182. The summed E-state index contributed by atoms with van der Waals surface area (Å²) in [6.07, 6.45) is 4.79. The van der Waals surface area contributed by atoms with Crippen molar-refractivity contribution in [2.45, 2.75) is 50.2 Å². The summed E-state index contributed by atoms with van der Waals surface area (Å²) in [5.41, 5.74) is 5.38. The van der Waals surface area contributed by atoms with Crippen LogP contribution < -0.4 is 0 Å². The van der Waals surface area contributed by atoms with Gasteiger partial charge < -0.3 is 14.4 Å². The van der Waals surface area contributed by atoms with Crippen LogP contribution in [-0.2, 0) is 14.3 Å². The minimum absolute atomic E-state index is 0.151. The molecule has 2 heterocycles. The molecule has 0 bridgehead atoms. The highest BCUT2D eigenvalue weighted by Crippen LogP contribution is 2.44. The van der Waals surface area contributed by atoms with Gasteiger partial charge in [-0.25, -0.2) is 0 Å². The van der Waals surface area contributed by atoms with Gasteiger partial charge in [-0.15, -0.1) is 0 Å². The van der Waals surface area contributed by atoms with Gasteiger partial charge in [0.05, 0.1) is 13.2 Å². The number of likely N-dealkylation sites (tertiary alicyclic amines) is 1. The van der Waals surface area contributed by atoms with Gasteiger partial charge in [0.1, 0.15) is 0 Å². The second-order valence-electron chi connectivity index (χ2n) is 8.54. The van der Waals surface area contributed by atoms with Crippen molar-refractivity contribution in [2.75, 3.05) is 26.3 Å². The zero-order chi connectivity index (χ0) is 19.6. The molecule has 0 radical (unpaired) electrons. The molecule has 3 aliphatic rings. The third kappa shape index (κ3) is 4.24. The lowest BCUT2D eigenvalue weighted by Crippen LogP contribution is -2.32. The molecular weight excluding hydrogens is 362 g/mol. The summed E-state index contributed by atoms with van der Waals surface area (Å²) < 4.78 is 11.2. The first-order valence-electron chi connectivity index (χ1n) is 11.0. The van der Waals surface area contributed by atoms with Gasteiger partial charge in [-0.05, 0) is 47.4 Å². The van der Waals surface area contributed by atoms with Crippen LogP contribution in [0.3, 0.4) is 0 Å². The molecule has 2 aromatic carbocycles. The predicted octanol–water partition coefficient (Wildman–Crippen LogP) is 4.70. The molecule has 2 saturated heterocycles. The average molecular weight is 392 g/mol. The quantitative estimate of drug-likeness (QED) is 0.716. The van der Waals surface area contributed by atoms with Crippen molar-refractivity contribution in [2.24, 2.45) is 0 Å². The Morgan fingerprint density at radius 3 is 2.45 bits per heavy atom. The summed E-state index contributed by atoms with van der Waals surface area (Å²) >= 11 is 0. The lowest BCUT2D eigenvalue weighted by atomic mass is 9.93. The molecule has 1 atom stereocenters. The van der Waals surface area contributed by atoms with E-state index in [0.717, 1.165) is 38.5 Å². The Labute approximate surface area is 172 Å². The largest absolute Gasteiger partial charge is 0.353 e. The molecular formula is C25H29NO3. The Kier molecular flexibility index (Phi) is 5.38. The van der Waals surface area contributed by atoms with E-state index in [1.165, 1.54) is 35.1 Å². The SMILES string of the molecule is O=C1CC(c2ccc(-c3ccccc3C3CC3)cc2)CN1CCC1OCCCO1. The highest BCUT2D eigenvalue weighted by Gasteiger charge is 2.31. The van der Waals surface area contributed by atoms with Crippen LogP contribution >= 0.6 is 0 Å². The molecule has 1 aliphatic carbocycles. The van der Waals surface area contributed by atoms with E-state index in [9.17, 15) is 4.79 Å². The first-order chi connectivity index (χ1) is 14.3. The van der Waals surface area contributed by atoms with Gasteiger partial charge in [-0.2, -0.15) is 0 Å². The van der Waals surface area contributed by atoms with E-state index in [2.05, 4.69) is 48.5 Å². The maximum Gasteiger partial charge on any atom is 0.223 e. The molecule has 1 saturated carbocycles. The van der Waals surface area contributed by atoms with E-state index in [-0.39, 0.29) is 18.1 Å². The molecule has 5 rings (SSSR count). The minimum Gasteiger partial charge on any atom is -0.353 e. The van der Waals surface area contributed by atoms with Gasteiger partial charge >= 0.3 is 0 Å². The van der Waals surface area contributed by atoms with Gasteiger partial charge in [0.25, 0.3) is 0 Å². The number of carbonyl (C=O) groups excluding carboxylic acids is 1. The summed E-state index contributed by atoms with van der Waals surface area (Å²) in [5.74, 6) is 1.27. The monoisotopic (exact) mass is 391 g/mol. The number of carbonyl (C=O) groups is 1. The maximum atomic E-state index is 12.5. The van der Waals surface area contributed by atoms with Crippen LogP contribution in [0.5, 0.6) is 0 Å². The van der Waals surface area contributed by atoms with Crippen LogP contribution in [0.25, 0.3) is 11.1 Å². The fourth-order valence-electron chi connectivity index (χ4n) is 4.62. The topological polar surface area (TPSA) is 38.8 Å². The molecule has 3 fully saturated rings. The van der Waals surface area contributed by atoms with Crippen molar-refractivity contribution in [3.05, 3.63) is 59.7 Å². The molecule has 2 aliphatic heterocycles. The molecule has 1 amide bonds. The standard InChI is InChI=1S/C25H29NO3/c27-24-16-21(17-26(24)13-12-25-28-14-3-15-29-25)18-6-8-19(9-7-18)22-4-1-2-5-23(22)20-10-11-20/h1-2,4-9,20-21,25H,3,10-17H2. The Bertz CT molecular complexity index is 853. The van der Waals surface area contributed by atoms with E-state index in [0.29, 0.717) is 13.0 Å². The zero-order valence-electron chi connectivity index (χ0n) is 16.9. The van der Waals surface area contributed by atoms with Crippen molar-refractivity contribution < 1.29 is 14.3 Å². The fraction of sp³-hybridized carbons (Fsp3) is 0.480. The third-order valence-corrected chi connectivity index (χ3v) is 6.42. The van der Waals surface area contributed by atoms with Gasteiger partial charge in [0.2, 0.25) is 5.91 Å². The Morgan fingerprint density at radius 2 is 1.69 bits per heavy atom. The lowest BCUT2D eigenvalue weighted by Gasteiger charge is -2.25. The number of hydrogen-bond acceptors (Lipinski definition) is 3.